The van der Waals surface area contributed by atoms with Crippen molar-refractivity contribution in [3.63, 3.8) is 0 Å². The SMILES string of the molecule is CCCSc1ccc(-c2nn(-c3ccccc3)cc2CN)cc1. The first-order chi connectivity index (χ1) is 11.3. The van der Waals surface area contributed by atoms with E-state index in [9.17, 15) is 0 Å². The highest BCUT2D eigenvalue weighted by atomic mass is 32.2. The Kier molecular flexibility index (Phi) is 5.16. The van der Waals surface area contributed by atoms with Gasteiger partial charge in [0, 0.05) is 28.8 Å². The highest BCUT2D eigenvalue weighted by molar-refractivity contribution is 7.99. The number of rotatable bonds is 6. The topological polar surface area (TPSA) is 43.8 Å². The number of hydrogen-bond acceptors (Lipinski definition) is 3. The first-order valence-corrected chi connectivity index (χ1v) is 8.87. The summed E-state index contributed by atoms with van der Waals surface area (Å²) in [5, 5.41) is 4.74. The van der Waals surface area contributed by atoms with Crippen LogP contribution < -0.4 is 5.73 Å². The van der Waals surface area contributed by atoms with E-state index in [4.69, 9.17) is 10.8 Å². The molecule has 0 radical (unpaired) electrons. The van der Waals surface area contributed by atoms with Crippen molar-refractivity contribution in [3.05, 3.63) is 66.4 Å². The molecule has 4 heteroatoms. The molecule has 0 fully saturated rings. The number of aromatic nitrogens is 2. The van der Waals surface area contributed by atoms with Gasteiger partial charge >= 0.3 is 0 Å². The zero-order chi connectivity index (χ0) is 16.1. The molecule has 0 saturated heterocycles. The van der Waals surface area contributed by atoms with Gasteiger partial charge in [-0.15, -0.1) is 11.8 Å². The fraction of sp³-hybridized carbons (Fsp3) is 0.211. The molecule has 118 valence electrons. The molecule has 23 heavy (non-hydrogen) atoms. The van der Waals surface area contributed by atoms with Crippen LogP contribution in [-0.4, -0.2) is 15.5 Å². The summed E-state index contributed by atoms with van der Waals surface area (Å²) in [5.74, 6) is 1.15. The van der Waals surface area contributed by atoms with E-state index in [2.05, 4.69) is 31.2 Å². The Balaban J connectivity index is 1.91. The van der Waals surface area contributed by atoms with Crippen LogP contribution in [0, 0.1) is 0 Å². The molecule has 3 aromatic rings. The Hall–Kier alpha value is -2.04. The summed E-state index contributed by atoms with van der Waals surface area (Å²) in [6, 6.07) is 18.7. The van der Waals surface area contributed by atoms with Gasteiger partial charge in [-0.1, -0.05) is 37.3 Å². The second-order valence-electron chi connectivity index (χ2n) is 5.36. The molecule has 1 heterocycles. The van der Waals surface area contributed by atoms with E-state index in [0.29, 0.717) is 6.54 Å². The maximum atomic E-state index is 5.92. The predicted octanol–water partition coefficient (Wildman–Crippen LogP) is 4.50. The quantitative estimate of drug-likeness (QED) is 0.679. The molecule has 0 bridgehead atoms. The van der Waals surface area contributed by atoms with Crippen molar-refractivity contribution in [2.24, 2.45) is 5.73 Å². The molecular formula is C19H21N3S. The molecule has 3 nitrogen and oxygen atoms in total. The first kappa shape index (κ1) is 15.8. The minimum absolute atomic E-state index is 0.481. The van der Waals surface area contributed by atoms with Gasteiger partial charge in [-0.25, -0.2) is 4.68 Å². The van der Waals surface area contributed by atoms with Gasteiger partial charge in [-0.2, -0.15) is 5.10 Å². The molecule has 2 N–H and O–H groups in total. The Morgan fingerprint density at radius 3 is 2.43 bits per heavy atom. The van der Waals surface area contributed by atoms with Gasteiger partial charge in [0.1, 0.15) is 0 Å². The van der Waals surface area contributed by atoms with Gasteiger partial charge in [0.05, 0.1) is 11.4 Å². The molecule has 3 rings (SSSR count). The van der Waals surface area contributed by atoms with Gasteiger partial charge in [0.25, 0.3) is 0 Å². The smallest absolute Gasteiger partial charge is 0.0972 e. The Morgan fingerprint density at radius 1 is 1.04 bits per heavy atom. The molecule has 0 spiro atoms. The standard InChI is InChI=1S/C19H21N3S/c1-2-12-23-18-10-8-15(9-11-18)19-16(13-20)14-22(21-19)17-6-4-3-5-7-17/h3-11,14H,2,12-13,20H2,1H3. The van der Waals surface area contributed by atoms with Crippen LogP contribution in [0.1, 0.15) is 18.9 Å². The van der Waals surface area contributed by atoms with E-state index in [1.807, 2.05) is 53.0 Å². The third-order valence-corrected chi connectivity index (χ3v) is 4.85. The van der Waals surface area contributed by atoms with Crippen molar-refractivity contribution >= 4 is 11.8 Å². The summed E-state index contributed by atoms with van der Waals surface area (Å²) < 4.78 is 1.90. The zero-order valence-electron chi connectivity index (χ0n) is 13.3. The lowest BCUT2D eigenvalue weighted by Gasteiger charge is -2.03. The number of nitrogens with two attached hydrogens (primary N) is 1. The van der Waals surface area contributed by atoms with Crippen molar-refractivity contribution in [2.75, 3.05) is 5.75 Å². The average Bonchev–Trinajstić information content (AvgIpc) is 3.05. The molecule has 0 aliphatic heterocycles. The Bertz CT molecular complexity index is 748. The summed E-state index contributed by atoms with van der Waals surface area (Å²) in [7, 11) is 0. The average molecular weight is 323 g/mol. The van der Waals surface area contributed by atoms with Crippen LogP contribution >= 0.6 is 11.8 Å². The third kappa shape index (κ3) is 3.66. The Morgan fingerprint density at radius 2 is 1.78 bits per heavy atom. The minimum Gasteiger partial charge on any atom is -0.326 e. The van der Waals surface area contributed by atoms with Crippen molar-refractivity contribution in [1.82, 2.24) is 9.78 Å². The summed E-state index contributed by atoms with van der Waals surface area (Å²) >= 11 is 1.89. The summed E-state index contributed by atoms with van der Waals surface area (Å²) in [5.41, 5.74) is 10.1. The monoisotopic (exact) mass is 323 g/mol. The third-order valence-electron chi connectivity index (χ3n) is 3.63. The van der Waals surface area contributed by atoms with E-state index < -0.39 is 0 Å². The molecule has 0 aliphatic carbocycles. The van der Waals surface area contributed by atoms with Crippen LogP contribution in [0.3, 0.4) is 0 Å². The molecule has 0 atom stereocenters. The fourth-order valence-corrected chi connectivity index (χ4v) is 3.21. The van der Waals surface area contributed by atoms with Crippen molar-refractivity contribution < 1.29 is 0 Å². The van der Waals surface area contributed by atoms with E-state index >= 15 is 0 Å². The zero-order valence-corrected chi connectivity index (χ0v) is 14.1. The predicted molar refractivity (Wildman–Crippen MR) is 97.9 cm³/mol. The normalized spacial score (nSPS) is 10.9. The largest absolute Gasteiger partial charge is 0.326 e. The van der Waals surface area contributed by atoms with E-state index in [0.717, 1.165) is 28.3 Å². The van der Waals surface area contributed by atoms with Crippen LogP contribution in [0.5, 0.6) is 0 Å². The molecule has 0 aliphatic rings. The lowest BCUT2D eigenvalue weighted by atomic mass is 10.1. The second-order valence-corrected chi connectivity index (χ2v) is 6.53. The first-order valence-electron chi connectivity index (χ1n) is 7.89. The van der Waals surface area contributed by atoms with Gasteiger partial charge in [-0.3, -0.25) is 0 Å². The van der Waals surface area contributed by atoms with Crippen molar-refractivity contribution in [1.29, 1.82) is 0 Å². The van der Waals surface area contributed by atoms with Crippen LogP contribution in [0.15, 0.2) is 65.7 Å². The van der Waals surface area contributed by atoms with Gasteiger partial charge in [-0.05, 0) is 36.4 Å². The molecule has 2 aromatic carbocycles. The molecule has 0 amide bonds. The van der Waals surface area contributed by atoms with Gasteiger partial charge in [0.15, 0.2) is 0 Å². The highest BCUT2D eigenvalue weighted by Crippen LogP contribution is 2.26. The van der Waals surface area contributed by atoms with E-state index in [1.165, 1.54) is 11.3 Å². The number of benzene rings is 2. The van der Waals surface area contributed by atoms with Gasteiger partial charge in [0.2, 0.25) is 0 Å². The van der Waals surface area contributed by atoms with Crippen LogP contribution in [0.4, 0.5) is 0 Å². The summed E-state index contributed by atoms with van der Waals surface area (Å²) in [4.78, 5) is 1.30. The second kappa shape index (κ2) is 7.49. The summed E-state index contributed by atoms with van der Waals surface area (Å²) in [6.07, 6.45) is 3.20. The van der Waals surface area contributed by atoms with Gasteiger partial charge < -0.3 is 5.73 Å². The number of para-hydroxylation sites is 1. The minimum atomic E-state index is 0.481. The van der Waals surface area contributed by atoms with Crippen LogP contribution in [0.25, 0.3) is 16.9 Å². The molecule has 0 unspecified atom stereocenters. The van der Waals surface area contributed by atoms with Crippen molar-refractivity contribution in [2.45, 2.75) is 24.8 Å². The van der Waals surface area contributed by atoms with Crippen LogP contribution in [0.2, 0.25) is 0 Å². The fourth-order valence-electron chi connectivity index (χ4n) is 2.44. The van der Waals surface area contributed by atoms with E-state index in [-0.39, 0.29) is 0 Å². The maximum absolute atomic E-state index is 5.92. The lowest BCUT2D eigenvalue weighted by Crippen LogP contribution is -1.96. The molecular weight excluding hydrogens is 302 g/mol. The maximum Gasteiger partial charge on any atom is 0.0972 e. The van der Waals surface area contributed by atoms with Crippen molar-refractivity contribution in [3.8, 4) is 16.9 Å². The van der Waals surface area contributed by atoms with Crippen LogP contribution in [-0.2, 0) is 6.54 Å². The van der Waals surface area contributed by atoms with E-state index in [1.54, 1.807) is 0 Å². The molecule has 1 aromatic heterocycles. The lowest BCUT2D eigenvalue weighted by molar-refractivity contribution is 0.883. The molecule has 0 saturated carbocycles. The summed E-state index contributed by atoms with van der Waals surface area (Å²) in [6.45, 7) is 2.68. The Labute approximate surface area is 141 Å². The number of nitrogens with zero attached hydrogens (tertiary/aromatic N) is 2. The number of thioether (sulfide) groups is 1. The highest BCUT2D eigenvalue weighted by Gasteiger charge is 2.11. The number of hydrogen-bond donors (Lipinski definition) is 1.